The fraction of sp³-hybridized carbons (Fsp3) is 0.316. The summed E-state index contributed by atoms with van der Waals surface area (Å²) in [6.07, 6.45) is 0. The van der Waals surface area contributed by atoms with Crippen molar-refractivity contribution in [2.24, 2.45) is 4.99 Å². The van der Waals surface area contributed by atoms with Crippen LogP contribution >= 0.6 is 0 Å². The normalized spacial score (nSPS) is 11.4. The zero-order valence-corrected chi connectivity index (χ0v) is 14.2. The van der Waals surface area contributed by atoms with Gasteiger partial charge in [0.05, 0.1) is 6.61 Å². The summed E-state index contributed by atoms with van der Waals surface area (Å²) in [5, 5.41) is 6.47. The van der Waals surface area contributed by atoms with Gasteiger partial charge in [-0.1, -0.05) is 36.4 Å². The number of nitrogens with one attached hydrogen (secondary N) is 2. The van der Waals surface area contributed by atoms with Crippen molar-refractivity contribution in [3.63, 3.8) is 0 Å². The fourth-order valence-corrected chi connectivity index (χ4v) is 2.17. The number of rotatable bonds is 7. The van der Waals surface area contributed by atoms with Gasteiger partial charge in [0.15, 0.2) is 5.96 Å². The second-order valence-electron chi connectivity index (χ2n) is 5.36. The molecule has 0 atom stereocenters. The molecule has 2 aromatic carbocycles. The van der Waals surface area contributed by atoms with E-state index in [9.17, 15) is 4.39 Å². The number of benzene rings is 2. The lowest BCUT2D eigenvalue weighted by atomic mass is 10.1. The van der Waals surface area contributed by atoms with Crippen LogP contribution in [0.2, 0.25) is 0 Å². The molecule has 0 bridgehead atoms. The minimum absolute atomic E-state index is 0.228. The molecule has 128 valence electrons. The van der Waals surface area contributed by atoms with E-state index in [2.05, 4.69) is 39.9 Å². The fourth-order valence-electron chi connectivity index (χ4n) is 2.17. The maximum atomic E-state index is 12.9. The number of guanidine groups is 1. The number of hydrogen-bond donors (Lipinski definition) is 2. The minimum atomic E-state index is -0.228. The molecular weight excluding hydrogens is 305 g/mol. The first-order chi connectivity index (χ1) is 11.7. The number of nitrogens with zero attached hydrogens (tertiary/aromatic N) is 1. The molecule has 0 aliphatic heterocycles. The summed E-state index contributed by atoms with van der Waals surface area (Å²) >= 11 is 0. The molecule has 0 unspecified atom stereocenters. The van der Waals surface area contributed by atoms with Gasteiger partial charge in [-0.25, -0.2) is 4.39 Å². The molecule has 0 radical (unpaired) electrons. The minimum Gasteiger partial charge on any atom is -0.377 e. The first-order valence-electron chi connectivity index (χ1n) is 8.05. The van der Waals surface area contributed by atoms with E-state index in [-0.39, 0.29) is 5.82 Å². The van der Waals surface area contributed by atoms with Gasteiger partial charge in [0.2, 0.25) is 0 Å². The van der Waals surface area contributed by atoms with Gasteiger partial charge in [-0.05, 0) is 35.7 Å². The lowest BCUT2D eigenvalue weighted by Gasteiger charge is -2.12. The Balaban J connectivity index is 1.79. The van der Waals surface area contributed by atoms with E-state index in [0.717, 1.165) is 12.2 Å². The summed E-state index contributed by atoms with van der Waals surface area (Å²) < 4.78 is 18.3. The topological polar surface area (TPSA) is 45.6 Å². The summed E-state index contributed by atoms with van der Waals surface area (Å²) in [6, 6.07) is 14.7. The van der Waals surface area contributed by atoms with E-state index >= 15 is 0 Å². The van der Waals surface area contributed by atoms with Crippen LogP contribution in [0.5, 0.6) is 0 Å². The van der Waals surface area contributed by atoms with E-state index in [0.29, 0.717) is 25.7 Å². The van der Waals surface area contributed by atoms with Gasteiger partial charge in [-0.3, -0.25) is 4.99 Å². The van der Waals surface area contributed by atoms with E-state index in [1.807, 2.05) is 6.92 Å². The average molecular weight is 329 g/mol. The molecule has 0 amide bonds. The highest BCUT2D eigenvalue weighted by Gasteiger charge is 2.00. The van der Waals surface area contributed by atoms with E-state index in [1.165, 1.54) is 23.3 Å². The standard InChI is InChI=1S/C19H24FN3O/c1-3-24-14-17-6-4-15(5-7-17)12-22-19(21-2)23-13-16-8-10-18(20)11-9-16/h4-11H,3,12-14H2,1-2H3,(H2,21,22,23). The number of halogens is 1. The van der Waals surface area contributed by atoms with Gasteiger partial charge in [0.25, 0.3) is 0 Å². The Morgan fingerprint density at radius 3 is 1.92 bits per heavy atom. The molecule has 2 N–H and O–H groups in total. The zero-order chi connectivity index (χ0) is 17.2. The first kappa shape index (κ1) is 17.9. The third kappa shape index (κ3) is 6.01. The molecule has 4 nitrogen and oxygen atoms in total. The number of aliphatic imine (C=N–C) groups is 1. The molecule has 5 heteroatoms. The summed E-state index contributed by atoms with van der Waals surface area (Å²) in [5.41, 5.74) is 3.33. The van der Waals surface area contributed by atoms with Crippen molar-refractivity contribution in [3.8, 4) is 0 Å². The van der Waals surface area contributed by atoms with Crippen LogP contribution in [0.15, 0.2) is 53.5 Å². The molecular formula is C19H24FN3O. The lowest BCUT2D eigenvalue weighted by Crippen LogP contribution is -2.36. The smallest absolute Gasteiger partial charge is 0.191 e. The largest absolute Gasteiger partial charge is 0.377 e. The Hall–Kier alpha value is -2.40. The van der Waals surface area contributed by atoms with Crippen LogP contribution in [0.3, 0.4) is 0 Å². The van der Waals surface area contributed by atoms with Crippen LogP contribution in [-0.4, -0.2) is 19.6 Å². The maximum Gasteiger partial charge on any atom is 0.191 e. The van der Waals surface area contributed by atoms with Crippen LogP contribution in [0.25, 0.3) is 0 Å². The monoisotopic (exact) mass is 329 g/mol. The molecule has 24 heavy (non-hydrogen) atoms. The van der Waals surface area contributed by atoms with E-state index in [1.54, 1.807) is 19.2 Å². The molecule has 0 spiro atoms. The Kier molecular flexibility index (Phi) is 7.23. The molecule has 0 aliphatic carbocycles. The molecule has 0 aromatic heterocycles. The van der Waals surface area contributed by atoms with Crippen LogP contribution in [0.4, 0.5) is 4.39 Å². The average Bonchev–Trinajstić information content (AvgIpc) is 2.62. The van der Waals surface area contributed by atoms with Crippen LogP contribution in [0, 0.1) is 5.82 Å². The van der Waals surface area contributed by atoms with Crippen molar-refractivity contribution in [1.29, 1.82) is 0 Å². The number of ether oxygens (including phenoxy) is 1. The molecule has 2 aromatic rings. The highest BCUT2D eigenvalue weighted by molar-refractivity contribution is 5.79. The quantitative estimate of drug-likeness (QED) is 0.605. The van der Waals surface area contributed by atoms with Crippen molar-refractivity contribution in [2.75, 3.05) is 13.7 Å². The molecule has 0 fully saturated rings. The zero-order valence-electron chi connectivity index (χ0n) is 14.2. The third-order valence-corrected chi connectivity index (χ3v) is 3.55. The predicted molar refractivity (Wildman–Crippen MR) is 95.2 cm³/mol. The van der Waals surface area contributed by atoms with Gasteiger partial charge < -0.3 is 15.4 Å². The molecule has 2 rings (SSSR count). The van der Waals surface area contributed by atoms with Gasteiger partial charge >= 0.3 is 0 Å². The highest BCUT2D eigenvalue weighted by atomic mass is 19.1. The Bertz CT molecular complexity index is 639. The lowest BCUT2D eigenvalue weighted by molar-refractivity contribution is 0.134. The van der Waals surface area contributed by atoms with Crippen LogP contribution in [-0.2, 0) is 24.4 Å². The molecule has 0 saturated heterocycles. The van der Waals surface area contributed by atoms with Gasteiger partial charge in [0.1, 0.15) is 5.82 Å². The summed E-state index contributed by atoms with van der Waals surface area (Å²) in [4.78, 5) is 4.19. The van der Waals surface area contributed by atoms with Crippen LogP contribution < -0.4 is 10.6 Å². The maximum absolute atomic E-state index is 12.9. The molecule has 0 saturated carbocycles. The molecule has 0 aliphatic rings. The van der Waals surface area contributed by atoms with Gasteiger partial charge in [0, 0.05) is 26.7 Å². The Morgan fingerprint density at radius 1 is 0.917 bits per heavy atom. The SMILES string of the molecule is CCOCc1ccc(CNC(=NC)NCc2ccc(F)cc2)cc1. The van der Waals surface area contributed by atoms with Crippen molar-refractivity contribution in [2.45, 2.75) is 26.6 Å². The van der Waals surface area contributed by atoms with Crippen molar-refractivity contribution in [1.82, 2.24) is 10.6 Å². The third-order valence-electron chi connectivity index (χ3n) is 3.55. The van der Waals surface area contributed by atoms with Crippen molar-refractivity contribution < 1.29 is 9.13 Å². The van der Waals surface area contributed by atoms with Crippen molar-refractivity contribution >= 4 is 5.96 Å². The first-order valence-corrected chi connectivity index (χ1v) is 8.05. The second kappa shape index (κ2) is 9.67. The van der Waals surface area contributed by atoms with Gasteiger partial charge in [-0.15, -0.1) is 0 Å². The van der Waals surface area contributed by atoms with E-state index < -0.39 is 0 Å². The number of hydrogen-bond acceptors (Lipinski definition) is 2. The summed E-state index contributed by atoms with van der Waals surface area (Å²) in [5.74, 6) is 0.478. The predicted octanol–water partition coefficient (Wildman–Crippen LogP) is 3.23. The Morgan fingerprint density at radius 2 is 1.42 bits per heavy atom. The van der Waals surface area contributed by atoms with Crippen LogP contribution in [0.1, 0.15) is 23.6 Å². The summed E-state index contributed by atoms with van der Waals surface area (Å²) in [7, 11) is 1.73. The van der Waals surface area contributed by atoms with E-state index in [4.69, 9.17) is 4.74 Å². The Labute approximate surface area is 142 Å². The highest BCUT2D eigenvalue weighted by Crippen LogP contribution is 2.06. The summed E-state index contributed by atoms with van der Waals surface area (Å²) in [6.45, 7) is 4.62. The molecule has 0 heterocycles. The van der Waals surface area contributed by atoms with Gasteiger partial charge in [-0.2, -0.15) is 0 Å². The van der Waals surface area contributed by atoms with Crippen molar-refractivity contribution in [3.05, 3.63) is 71.0 Å². The second-order valence-corrected chi connectivity index (χ2v) is 5.36.